The third-order valence-corrected chi connectivity index (χ3v) is 3.01. The van der Waals surface area contributed by atoms with Crippen LogP contribution in [0.3, 0.4) is 0 Å². The molecule has 1 rings (SSSR count). The highest BCUT2D eigenvalue weighted by Gasteiger charge is 2.21. The smallest absolute Gasteiger partial charge is 0.00818 e. The van der Waals surface area contributed by atoms with Crippen LogP contribution in [0.1, 0.15) is 38.7 Å². The minimum atomic E-state index is 0.229. The Morgan fingerprint density at radius 2 is 1.71 bits per heavy atom. The fraction of sp³-hybridized carbons (Fsp3) is 0.538. The minimum Gasteiger partial charge on any atom is -0.327 e. The van der Waals surface area contributed by atoms with Gasteiger partial charge in [0.2, 0.25) is 0 Å². The van der Waals surface area contributed by atoms with Crippen molar-refractivity contribution in [2.45, 2.75) is 39.2 Å². The SMILES string of the molecule is CCC(C)C(c1ccccc1)C(C)N. The maximum atomic E-state index is 6.05. The predicted molar refractivity (Wildman–Crippen MR) is 62.3 cm³/mol. The van der Waals surface area contributed by atoms with Crippen LogP contribution in [0.2, 0.25) is 0 Å². The van der Waals surface area contributed by atoms with Crippen molar-refractivity contribution in [1.29, 1.82) is 0 Å². The molecule has 3 unspecified atom stereocenters. The summed E-state index contributed by atoms with van der Waals surface area (Å²) in [6, 6.07) is 10.8. The zero-order valence-corrected chi connectivity index (χ0v) is 9.40. The molecule has 0 aliphatic carbocycles. The van der Waals surface area contributed by atoms with E-state index in [0.717, 1.165) is 0 Å². The van der Waals surface area contributed by atoms with E-state index in [-0.39, 0.29) is 6.04 Å². The van der Waals surface area contributed by atoms with E-state index in [2.05, 4.69) is 51.1 Å². The van der Waals surface area contributed by atoms with Crippen LogP contribution < -0.4 is 5.73 Å². The molecule has 78 valence electrons. The fourth-order valence-electron chi connectivity index (χ4n) is 2.08. The molecular formula is C13H21N. The molecule has 14 heavy (non-hydrogen) atoms. The summed E-state index contributed by atoms with van der Waals surface area (Å²) in [6.45, 7) is 6.60. The number of hydrogen-bond acceptors (Lipinski definition) is 1. The second-order valence-corrected chi connectivity index (χ2v) is 4.18. The van der Waals surface area contributed by atoms with Gasteiger partial charge in [0, 0.05) is 12.0 Å². The van der Waals surface area contributed by atoms with Crippen LogP contribution in [0.5, 0.6) is 0 Å². The molecule has 0 spiro atoms. The van der Waals surface area contributed by atoms with Crippen LogP contribution in [0.25, 0.3) is 0 Å². The largest absolute Gasteiger partial charge is 0.327 e. The Hall–Kier alpha value is -0.820. The van der Waals surface area contributed by atoms with E-state index in [4.69, 9.17) is 5.73 Å². The molecule has 1 aromatic carbocycles. The summed E-state index contributed by atoms with van der Waals surface area (Å²) >= 11 is 0. The zero-order chi connectivity index (χ0) is 10.6. The third-order valence-electron chi connectivity index (χ3n) is 3.01. The van der Waals surface area contributed by atoms with Crippen molar-refractivity contribution in [2.24, 2.45) is 11.7 Å². The fourth-order valence-corrected chi connectivity index (χ4v) is 2.08. The van der Waals surface area contributed by atoms with Crippen LogP contribution in [0.4, 0.5) is 0 Å². The Morgan fingerprint density at radius 3 is 2.14 bits per heavy atom. The molecule has 0 aromatic heterocycles. The summed E-state index contributed by atoms with van der Waals surface area (Å²) in [4.78, 5) is 0. The monoisotopic (exact) mass is 191 g/mol. The van der Waals surface area contributed by atoms with Gasteiger partial charge in [0.05, 0.1) is 0 Å². The molecule has 1 aromatic rings. The van der Waals surface area contributed by atoms with Crippen molar-refractivity contribution in [2.75, 3.05) is 0 Å². The van der Waals surface area contributed by atoms with E-state index in [9.17, 15) is 0 Å². The van der Waals surface area contributed by atoms with Gasteiger partial charge < -0.3 is 5.73 Å². The first-order chi connectivity index (χ1) is 6.66. The highest BCUT2D eigenvalue weighted by molar-refractivity contribution is 5.21. The molecule has 3 atom stereocenters. The lowest BCUT2D eigenvalue weighted by Gasteiger charge is -2.27. The number of hydrogen-bond donors (Lipinski definition) is 1. The molecule has 1 nitrogen and oxygen atoms in total. The maximum absolute atomic E-state index is 6.05. The minimum absolute atomic E-state index is 0.229. The van der Waals surface area contributed by atoms with Gasteiger partial charge in [0.1, 0.15) is 0 Å². The van der Waals surface area contributed by atoms with Gasteiger partial charge in [-0.15, -0.1) is 0 Å². The van der Waals surface area contributed by atoms with Crippen molar-refractivity contribution >= 4 is 0 Å². The van der Waals surface area contributed by atoms with Crippen LogP contribution in [0, 0.1) is 5.92 Å². The molecule has 0 saturated carbocycles. The standard InChI is InChI=1S/C13H21N/c1-4-10(2)13(11(3)14)12-8-6-5-7-9-12/h5-11,13H,4,14H2,1-3H3. The number of benzene rings is 1. The summed E-state index contributed by atoms with van der Waals surface area (Å²) in [7, 11) is 0. The molecule has 0 aliphatic heterocycles. The molecule has 0 amide bonds. The van der Waals surface area contributed by atoms with Crippen LogP contribution in [-0.2, 0) is 0 Å². The Kier molecular flexibility index (Phi) is 4.15. The van der Waals surface area contributed by atoms with Gasteiger partial charge in [-0.1, -0.05) is 50.6 Å². The molecule has 0 heterocycles. The van der Waals surface area contributed by atoms with Crippen LogP contribution in [0.15, 0.2) is 30.3 Å². The molecule has 0 bridgehead atoms. The second-order valence-electron chi connectivity index (χ2n) is 4.18. The van der Waals surface area contributed by atoms with Crippen molar-refractivity contribution in [3.8, 4) is 0 Å². The predicted octanol–water partition coefficient (Wildman–Crippen LogP) is 3.16. The molecule has 0 radical (unpaired) electrons. The first kappa shape index (κ1) is 11.3. The van der Waals surface area contributed by atoms with Gasteiger partial charge in [-0.05, 0) is 18.4 Å². The Balaban J connectivity index is 2.89. The first-order valence-corrected chi connectivity index (χ1v) is 5.47. The summed E-state index contributed by atoms with van der Waals surface area (Å²) in [5, 5.41) is 0. The normalized spacial score (nSPS) is 17.4. The zero-order valence-electron chi connectivity index (χ0n) is 9.40. The second kappa shape index (κ2) is 5.16. The van der Waals surface area contributed by atoms with Crippen molar-refractivity contribution in [3.63, 3.8) is 0 Å². The van der Waals surface area contributed by atoms with Gasteiger partial charge in [-0.25, -0.2) is 0 Å². The quantitative estimate of drug-likeness (QED) is 0.777. The van der Waals surface area contributed by atoms with E-state index in [0.29, 0.717) is 11.8 Å². The van der Waals surface area contributed by atoms with Crippen LogP contribution >= 0.6 is 0 Å². The molecule has 0 aliphatic rings. The van der Waals surface area contributed by atoms with E-state index in [1.807, 2.05) is 0 Å². The Morgan fingerprint density at radius 1 is 1.14 bits per heavy atom. The van der Waals surface area contributed by atoms with E-state index < -0.39 is 0 Å². The Labute approximate surface area is 87.3 Å². The van der Waals surface area contributed by atoms with Gasteiger partial charge in [0.15, 0.2) is 0 Å². The summed E-state index contributed by atoms with van der Waals surface area (Å²) in [5.41, 5.74) is 7.42. The average Bonchev–Trinajstić information content (AvgIpc) is 2.19. The van der Waals surface area contributed by atoms with Crippen molar-refractivity contribution in [3.05, 3.63) is 35.9 Å². The average molecular weight is 191 g/mol. The summed E-state index contributed by atoms with van der Waals surface area (Å²) < 4.78 is 0. The number of nitrogens with two attached hydrogens (primary N) is 1. The van der Waals surface area contributed by atoms with Gasteiger partial charge >= 0.3 is 0 Å². The summed E-state index contributed by atoms with van der Waals surface area (Å²) in [5.74, 6) is 1.14. The van der Waals surface area contributed by atoms with Crippen molar-refractivity contribution in [1.82, 2.24) is 0 Å². The maximum Gasteiger partial charge on any atom is 0.00818 e. The first-order valence-electron chi connectivity index (χ1n) is 5.47. The molecular weight excluding hydrogens is 170 g/mol. The lowest BCUT2D eigenvalue weighted by Crippen LogP contribution is -2.29. The lowest BCUT2D eigenvalue weighted by molar-refractivity contribution is 0.396. The molecule has 0 saturated heterocycles. The van der Waals surface area contributed by atoms with Gasteiger partial charge in [0.25, 0.3) is 0 Å². The lowest BCUT2D eigenvalue weighted by atomic mass is 9.81. The molecule has 1 heteroatoms. The molecule has 0 fully saturated rings. The van der Waals surface area contributed by atoms with Gasteiger partial charge in [-0.3, -0.25) is 0 Å². The topological polar surface area (TPSA) is 26.0 Å². The van der Waals surface area contributed by atoms with Crippen molar-refractivity contribution < 1.29 is 0 Å². The Bertz CT molecular complexity index is 253. The van der Waals surface area contributed by atoms with Gasteiger partial charge in [-0.2, -0.15) is 0 Å². The van der Waals surface area contributed by atoms with E-state index >= 15 is 0 Å². The highest BCUT2D eigenvalue weighted by atomic mass is 14.6. The van der Waals surface area contributed by atoms with Crippen LogP contribution in [-0.4, -0.2) is 6.04 Å². The third kappa shape index (κ3) is 2.58. The molecule has 2 N–H and O–H groups in total. The van der Waals surface area contributed by atoms with E-state index in [1.165, 1.54) is 12.0 Å². The summed E-state index contributed by atoms with van der Waals surface area (Å²) in [6.07, 6.45) is 1.18. The number of rotatable bonds is 4. The highest BCUT2D eigenvalue weighted by Crippen LogP contribution is 2.28. The van der Waals surface area contributed by atoms with E-state index in [1.54, 1.807) is 0 Å².